The average Bonchev–Trinajstić information content (AvgIpc) is 3.27. The first kappa shape index (κ1) is 25.3. The topological polar surface area (TPSA) is 47.4 Å². The van der Waals surface area contributed by atoms with Crippen LogP contribution in [0.25, 0.3) is 0 Å². The van der Waals surface area contributed by atoms with Crippen LogP contribution < -0.4 is 0 Å². The van der Waals surface area contributed by atoms with Gasteiger partial charge >= 0.3 is 0 Å². The third-order valence-electron chi connectivity index (χ3n) is 6.98. The lowest BCUT2D eigenvalue weighted by Gasteiger charge is -2.35. The van der Waals surface area contributed by atoms with Crippen molar-refractivity contribution in [1.29, 1.82) is 0 Å². The predicted molar refractivity (Wildman–Crippen MR) is 132 cm³/mol. The van der Waals surface area contributed by atoms with Gasteiger partial charge in [0, 0.05) is 89.4 Å². The third kappa shape index (κ3) is 7.60. The smallest absolute Gasteiger partial charge is 0.128 e. The second-order valence-electron chi connectivity index (χ2n) is 9.67. The molecule has 8 heteroatoms. The summed E-state index contributed by atoms with van der Waals surface area (Å²) in [4.78, 5) is 9.48. The van der Waals surface area contributed by atoms with E-state index in [1.54, 1.807) is 6.07 Å². The Kier molecular flexibility index (Phi) is 9.49. The number of nitrogens with zero attached hydrogens (tertiary/aromatic N) is 5. The number of ether oxygens (including phenoxy) is 1. The molecule has 7 nitrogen and oxygen atoms in total. The van der Waals surface area contributed by atoms with E-state index in [2.05, 4.69) is 37.3 Å². The molecule has 1 aromatic carbocycles. The Bertz CT molecular complexity index is 864. The van der Waals surface area contributed by atoms with Gasteiger partial charge in [0.05, 0.1) is 25.9 Å². The number of aliphatic hydroxyl groups is 1. The molecule has 1 aromatic heterocycles. The van der Waals surface area contributed by atoms with E-state index in [1.807, 2.05) is 24.4 Å². The van der Waals surface area contributed by atoms with Gasteiger partial charge in [-0.15, -0.1) is 0 Å². The van der Waals surface area contributed by atoms with Gasteiger partial charge in [-0.05, 0) is 25.2 Å². The van der Waals surface area contributed by atoms with E-state index >= 15 is 0 Å². The number of likely N-dealkylation sites (N-methyl/N-ethyl adjacent to an activating group) is 1. The second-order valence-corrected chi connectivity index (χ2v) is 9.67. The summed E-state index contributed by atoms with van der Waals surface area (Å²) in [5, 5.41) is 11.0. The first-order valence-corrected chi connectivity index (χ1v) is 12.6. The molecule has 2 aliphatic heterocycles. The zero-order valence-corrected chi connectivity index (χ0v) is 20.5. The maximum Gasteiger partial charge on any atom is 0.128 e. The van der Waals surface area contributed by atoms with E-state index < -0.39 is 6.10 Å². The van der Waals surface area contributed by atoms with Crippen LogP contribution in [0.4, 0.5) is 4.39 Å². The van der Waals surface area contributed by atoms with Crippen molar-refractivity contribution in [1.82, 2.24) is 24.2 Å². The predicted octanol–water partition coefficient (Wildman–Crippen LogP) is 1.42. The molecule has 34 heavy (non-hydrogen) atoms. The summed E-state index contributed by atoms with van der Waals surface area (Å²) in [6, 6.07) is 11.1. The molecule has 2 saturated heterocycles. The van der Waals surface area contributed by atoms with Gasteiger partial charge in [-0.1, -0.05) is 18.2 Å². The third-order valence-corrected chi connectivity index (χ3v) is 6.98. The fourth-order valence-corrected chi connectivity index (χ4v) is 4.81. The summed E-state index contributed by atoms with van der Waals surface area (Å²) < 4.78 is 21.9. The zero-order chi connectivity index (χ0) is 23.8. The van der Waals surface area contributed by atoms with E-state index in [0.717, 1.165) is 77.8 Å². The Morgan fingerprint density at radius 1 is 1.00 bits per heavy atom. The molecule has 2 aromatic rings. The second kappa shape index (κ2) is 12.8. The van der Waals surface area contributed by atoms with Crippen LogP contribution in [0.2, 0.25) is 0 Å². The highest BCUT2D eigenvalue weighted by Crippen LogP contribution is 2.14. The van der Waals surface area contributed by atoms with Gasteiger partial charge in [0.2, 0.25) is 0 Å². The number of rotatable bonds is 11. The highest BCUT2D eigenvalue weighted by Gasteiger charge is 2.21. The maximum atomic E-state index is 14.2. The van der Waals surface area contributed by atoms with Gasteiger partial charge in [-0.25, -0.2) is 4.39 Å². The molecule has 2 aliphatic rings. The summed E-state index contributed by atoms with van der Waals surface area (Å²) >= 11 is 0. The Morgan fingerprint density at radius 2 is 1.76 bits per heavy atom. The molecule has 3 heterocycles. The van der Waals surface area contributed by atoms with Crippen LogP contribution in [0.5, 0.6) is 0 Å². The Morgan fingerprint density at radius 3 is 2.53 bits per heavy atom. The Balaban J connectivity index is 1.38. The first-order valence-electron chi connectivity index (χ1n) is 12.6. The molecule has 0 bridgehead atoms. The lowest BCUT2D eigenvalue weighted by Crippen LogP contribution is -2.49. The fourth-order valence-electron chi connectivity index (χ4n) is 4.81. The van der Waals surface area contributed by atoms with Crippen LogP contribution in [0.15, 0.2) is 42.6 Å². The van der Waals surface area contributed by atoms with Gasteiger partial charge in [0.15, 0.2) is 0 Å². The minimum absolute atomic E-state index is 0.172. The van der Waals surface area contributed by atoms with Gasteiger partial charge in [0.1, 0.15) is 5.82 Å². The Hall–Kier alpha value is -1.81. The number of morpholine rings is 1. The molecule has 0 amide bonds. The number of benzene rings is 1. The van der Waals surface area contributed by atoms with Crippen molar-refractivity contribution >= 4 is 0 Å². The molecule has 0 radical (unpaired) electrons. The monoisotopic (exact) mass is 473 g/mol. The van der Waals surface area contributed by atoms with Crippen molar-refractivity contribution in [2.75, 3.05) is 85.7 Å². The van der Waals surface area contributed by atoms with Crippen LogP contribution in [-0.2, 0) is 17.8 Å². The molecule has 1 N–H and O–H groups in total. The van der Waals surface area contributed by atoms with Gasteiger partial charge in [-0.3, -0.25) is 14.7 Å². The molecule has 0 spiro atoms. The van der Waals surface area contributed by atoms with Crippen LogP contribution in [0.3, 0.4) is 0 Å². The quantitative estimate of drug-likeness (QED) is 0.533. The molecule has 188 valence electrons. The Labute approximate surface area is 203 Å². The molecule has 2 fully saturated rings. The van der Waals surface area contributed by atoms with E-state index in [4.69, 9.17) is 4.74 Å². The maximum absolute atomic E-state index is 14.2. The molecule has 1 atom stereocenters. The van der Waals surface area contributed by atoms with Crippen LogP contribution in [0, 0.1) is 5.82 Å². The van der Waals surface area contributed by atoms with Gasteiger partial charge in [-0.2, -0.15) is 0 Å². The zero-order valence-electron chi connectivity index (χ0n) is 20.5. The number of hydrogen-bond acceptors (Lipinski definition) is 6. The number of hydrogen-bond donors (Lipinski definition) is 1. The summed E-state index contributed by atoms with van der Waals surface area (Å²) in [7, 11) is 2.15. The minimum atomic E-state index is -0.400. The van der Waals surface area contributed by atoms with Crippen molar-refractivity contribution in [2.24, 2.45) is 0 Å². The summed E-state index contributed by atoms with van der Waals surface area (Å²) in [5.74, 6) is -0.172. The standard InChI is InChI=1S/C26H40FN5O2/c1-28-9-11-30(12-10-28)21-25(33)22-31(14-13-29-15-17-34-18-16-29)20-24-6-4-8-32(24)19-23-5-2-3-7-26(23)27/h2-8,25,33H,9-22H2,1H3. The lowest BCUT2D eigenvalue weighted by molar-refractivity contribution is 0.0240. The van der Waals surface area contributed by atoms with Crippen molar-refractivity contribution in [3.63, 3.8) is 0 Å². The average molecular weight is 474 g/mol. The molecule has 1 unspecified atom stereocenters. The van der Waals surface area contributed by atoms with Crippen molar-refractivity contribution in [3.05, 3.63) is 59.7 Å². The molecule has 4 rings (SSSR count). The largest absolute Gasteiger partial charge is 0.390 e. The number of aromatic nitrogens is 1. The molecule has 0 aliphatic carbocycles. The molecule has 0 saturated carbocycles. The summed E-state index contributed by atoms with van der Waals surface area (Å²) in [6.45, 7) is 12.0. The molecular weight excluding hydrogens is 433 g/mol. The highest BCUT2D eigenvalue weighted by molar-refractivity contribution is 5.19. The summed E-state index contributed by atoms with van der Waals surface area (Å²) in [6.07, 6.45) is 1.62. The number of β-amino-alcohol motifs (C(OH)–C–C–N with tert-alkyl or cyclic N) is 1. The first-order chi connectivity index (χ1) is 16.6. The fraction of sp³-hybridized carbons (Fsp3) is 0.615. The normalized spacial score (nSPS) is 19.6. The number of aliphatic hydroxyl groups excluding tert-OH is 1. The van der Waals surface area contributed by atoms with E-state index in [-0.39, 0.29) is 5.82 Å². The number of piperazine rings is 1. The lowest BCUT2D eigenvalue weighted by atomic mass is 10.2. The van der Waals surface area contributed by atoms with Crippen molar-refractivity contribution in [3.8, 4) is 0 Å². The van der Waals surface area contributed by atoms with Crippen LogP contribution >= 0.6 is 0 Å². The van der Waals surface area contributed by atoms with E-state index in [9.17, 15) is 9.50 Å². The SMILES string of the molecule is CN1CCN(CC(O)CN(CCN2CCOCC2)Cc2cccn2Cc2ccccc2F)CC1. The number of halogens is 1. The van der Waals surface area contributed by atoms with Gasteiger partial charge < -0.3 is 19.3 Å². The molecular formula is C26H40FN5O2. The highest BCUT2D eigenvalue weighted by atomic mass is 19.1. The van der Waals surface area contributed by atoms with E-state index in [1.165, 1.54) is 6.07 Å². The van der Waals surface area contributed by atoms with Crippen LogP contribution in [-0.4, -0.2) is 121 Å². The van der Waals surface area contributed by atoms with E-state index in [0.29, 0.717) is 25.2 Å². The minimum Gasteiger partial charge on any atom is -0.390 e. The summed E-state index contributed by atoms with van der Waals surface area (Å²) in [5.41, 5.74) is 1.83. The van der Waals surface area contributed by atoms with Crippen molar-refractivity contribution < 1.29 is 14.2 Å². The van der Waals surface area contributed by atoms with Crippen molar-refractivity contribution in [2.45, 2.75) is 19.2 Å². The van der Waals surface area contributed by atoms with Gasteiger partial charge in [0.25, 0.3) is 0 Å². The van der Waals surface area contributed by atoms with Crippen LogP contribution in [0.1, 0.15) is 11.3 Å².